The molecule has 0 aromatic heterocycles. The fraction of sp³-hybridized carbons (Fsp3) is 0.417. The molecular weight excluding hydrogens is 242 g/mol. The van der Waals surface area contributed by atoms with E-state index in [4.69, 9.17) is 26.8 Å². The molecule has 0 saturated heterocycles. The minimum Gasteiger partial charge on any atom is -0.496 e. The number of carbonyl (C=O) groups is 1. The molecule has 0 aliphatic carbocycles. The third-order valence-corrected chi connectivity index (χ3v) is 2.60. The Labute approximate surface area is 106 Å². The third kappa shape index (κ3) is 4.00. The monoisotopic (exact) mass is 257 g/mol. The summed E-state index contributed by atoms with van der Waals surface area (Å²) in [4.78, 5) is 11.8. The number of ketones is 1. The molecule has 17 heavy (non-hydrogen) atoms. The van der Waals surface area contributed by atoms with Crippen LogP contribution in [-0.4, -0.2) is 32.7 Å². The zero-order chi connectivity index (χ0) is 12.8. The van der Waals surface area contributed by atoms with Crippen LogP contribution in [0.2, 0.25) is 5.02 Å². The smallest absolute Gasteiger partial charge is 0.156 e. The molecule has 94 valence electrons. The molecule has 0 aliphatic rings. The number of methoxy groups -OCH3 is 2. The lowest BCUT2D eigenvalue weighted by Crippen LogP contribution is -2.36. The van der Waals surface area contributed by atoms with E-state index in [1.54, 1.807) is 25.3 Å². The Balaban J connectivity index is 2.79. The third-order valence-electron chi connectivity index (χ3n) is 2.37. The van der Waals surface area contributed by atoms with Gasteiger partial charge in [-0.05, 0) is 18.2 Å². The van der Waals surface area contributed by atoms with Crippen molar-refractivity contribution < 1.29 is 14.3 Å². The fourth-order valence-electron chi connectivity index (χ4n) is 1.48. The number of halogens is 1. The molecule has 0 bridgehead atoms. The van der Waals surface area contributed by atoms with Crippen LogP contribution in [0.5, 0.6) is 5.75 Å². The van der Waals surface area contributed by atoms with Crippen LogP contribution in [0.15, 0.2) is 18.2 Å². The van der Waals surface area contributed by atoms with Crippen molar-refractivity contribution in [3.63, 3.8) is 0 Å². The molecule has 1 rings (SSSR count). The number of hydrogen-bond donors (Lipinski definition) is 1. The molecule has 2 N–H and O–H groups in total. The Hall–Kier alpha value is -1.10. The summed E-state index contributed by atoms with van der Waals surface area (Å²) in [7, 11) is 3.05. The van der Waals surface area contributed by atoms with E-state index in [0.29, 0.717) is 10.8 Å². The largest absolute Gasteiger partial charge is 0.496 e. The lowest BCUT2D eigenvalue weighted by atomic mass is 10.0. The van der Waals surface area contributed by atoms with Crippen LogP contribution in [0.4, 0.5) is 0 Å². The van der Waals surface area contributed by atoms with Gasteiger partial charge in [0.2, 0.25) is 0 Å². The first-order chi connectivity index (χ1) is 8.08. The molecule has 0 heterocycles. The first kappa shape index (κ1) is 14.0. The minimum atomic E-state index is -0.622. The maximum Gasteiger partial charge on any atom is 0.156 e. The standard InChI is InChI=1S/C12H16ClNO3/c1-16-7-10(14)11(15)6-8-5-9(13)3-4-12(8)17-2/h3-5,10H,6-7,14H2,1-2H3. The van der Waals surface area contributed by atoms with Crippen LogP contribution in [0.25, 0.3) is 0 Å². The molecule has 5 heteroatoms. The molecule has 0 fully saturated rings. The van der Waals surface area contributed by atoms with E-state index in [-0.39, 0.29) is 18.8 Å². The van der Waals surface area contributed by atoms with Crippen molar-refractivity contribution in [2.45, 2.75) is 12.5 Å². The van der Waals surface area contributed by atoms with Crippen LogP contribution < -0.4 is 10.5 Å². The summed E-state index contributed by atoms with van der Waals surface area (Å²) < 4.78 is 10.00. The summed E-state index contributed by atoms with van der Waals surface area (Å²) in [5.41, 5.74) is 6.39. The van der Waals surface area contributed by atoms with Gasteiger partial charge in [0.1, 0.15) is 5.75 Å². The van der Waals surface area contributed by atoms with E-state index in [1.165, 1.54) is 7.11 Å². The van der Waals surface area contributed by atoms with Gasteiger partial charge in [0.05, 0.1) is 19.8 Å². The number of benzene rings is 1. The second kappa shape index (κ2) is 6.59. The van der Waals surface area contributed by atoms with Gasteiger partial charge in [-0.2, -0.15) is 0 Å². The highest BCUT2D eigenvalue weighted by Gasteiger charge is 2.16. The summed E-state index contributed by atoms with van der Waals surface area (Å²) in [6, 6.07) is 4.53. The lowest BCUT2D eigenvalue weighted by Gasteiger charge is -2.12. The van der Waals surface area contributed by atoms with E-state index < -0.39 is 6.04 Å². The van der Waals surface area contributed by atoms with E-state index in [0.717, 1.165) is 5.56 Å². The Kier molecular flexibility index (Phi) is 5.41. The Morgan fingerprint density at radius 3 is 2.76 bits per heavy atom. The van der Waals surface area contributed by atoms with Crippen LogP contribution in [0, 0.1) is 0 Å². The minimum absolute atomic E-state index is 0.104. The SMILES string of the molecule is COCC(N)C(=O)Cc1cc(Cl)ccc1OC. The van der Waals surface area contributed by atoms with Gasteiger partial charge in [-0.15, -0.1) is 0 Å². The molecule has 0 spiro atoms. The molecular formula is C12H16ClNO3. The van der Waals surface area contributed by atoms with E-state index >= 15 is 0 Å². The van der Waals surface area contributed by atoms with Crippen molar-refractivity contribution in [3.8, 4) is 5.75 Å². The predicted octanol–water partition coefficient (Wildman–Crippen LogP) is 1.43. The van der Waals surface area contributed by atoms with Crippen molar-refractivity contribution in [2.75, 3.05) is 20.8 Å². The molecule has 0 radical (unpaired) electrons. The highest BCUT2D eigenvalue weighted by Crippen LogP contribution is 2.23. The topological polar surface area (TPSA) is 61.5 Å². The zero-order valence-corrected chi connectivity index (χ0v) is 10.7. The first-order valence-corrected chi connectivity index (χ1v) is 5.56. The second-order valence-corrected chi connectivity index (χ2v) is 4.10. The fourth-order valence-corrected chi connectivity index (χ4v) is 1.67. The first-order valence-electron chi connectivity index (χ1n) is 5.18. The predicted molar refractivity (Wildman–Crippen MR) is 66.6 cm³/mol. The van der Waals surface area contributed by atoms with Gasteiger partial charge < -0.3 is 15.2 Å². The van der Waals surface area contributed by atoms with Crippen molar-refractivity contribution in [1.82, 2.24) is 0 Å². The Morgan fingerprint density at radius 1 is 1.47 bits per heavy atom. The lowest BCUT2D eigenvalue weighted by molar-refractivity contribution is -0.120. The van der Waals surface area contributed by atoms with E-state index in [1.807, 2.05) is 0 Å². The Morgan fingerprint density at radius 2 is 2.18 bits per heavy atom. The molecule has 0 saturated carbocycles. The van der Waals surface area contributed by atoms with Crippen LogP contribution in [0.1, 0.15) is 5.56 Å². The maximum atomic E-state index is 11.8. The van der Waals surface area contributed by atoms with Gasteiger partial charge in [0, 0.05) is 24.1 Å². The average Bonchev–Trinajstić information content (AvgIpc) is 2.29. The van der Waals surface area contributed by atoms with Crippen molar-refractivity contribution in [2.24, 2.45) is 5.73 Å². The summed E-state index contributed by atoms with van der Waals surface area (Å²) in [6.45, 7) is 0.210. The number of Topliss-reactive ketones (excluding diaryl/α,β-unsaturated/α-hetero) is 1. The number of ether oxygens (including phenoxy) is 2. The van der Waals surface area contributed by atoms with Gasteiger partial charge in [-0.25, -0.2) is 0 Å². The average molecular weight is 258 g/mol. The van der Waals surface area contributed by atoms with E-state index in [2.05, 4.69) is 0 Å². The van der Waals surface area contributed by atoms with Crippen molar-refractivity contribution in [3.05, 3.63) is 28.8 Å². The van der Waals surface area contributed by atoms with Gasteiger partial charge >= 0.3 is 0 Å². The molecule has 0 amide bonds. The number of hydrogen-bond acceptors (Lipinski definition) is 4. The van der Waals surface area contributed by atoms with Gasteiger partial charge in [0.25, 0.3) is 0 Å². The van der Waals surface area contributed by atoms with Gasteiger partial charge in [-0.3, -0.25) is 4.79 Å². The molecule has 1 unspecified atom stereocenters. The molecule has 1 atom stereocenters. The number of rotatable bonds is 6. The van der Waals surface area contributed by atoms with Crippen LogP contribution in [0.3, 0.4) is 0 Å². The highest BCUT2D eigenvalue weighted by molar-refractivity contribution is 6.30. The van der Waals surface area contributed by atoms with Crippen LogP contribution >= 0.6 is 11.6 Å². The number of carbonyl (C=O) groups excluding carboxylic acids is 1. The maximum absolute atomic E-state index is 11.8. The zero-order valence-electron chi connectivity index (χ0n) is 9.90. The highest BCUT2D eigenvalue weighted by atomic mass is 35.5. The Bertz CT molecular complexity index is 395. The molecule has 0 aliphatic heterocycles. The second-order valence-electron chi connectivity index (χ2n) is 3.66. The van der Waals surface area contributed by atoms with Crippen molar-refractivity contribution in [1.29, 1.82) is 0 Å². The van der Waals surface area contributed by atoms with Gasteiger partial charge in [0.15, 0.2) is 5.78 Å². The summed E-state index contributed by atoms with van der Waals surface area (Å²) in [5.74, 6) is 0.528. The quantitative estimate of drug-likeness (QED) is 0.838. The molecule has 1 aromatic rings. The molecule has 1 aromatic carbocycles. The summed E-state index contributed by atoms with van der Waals surface area (Å²) >= 11 is 5.88. The summed E-state index contributed by atoms with van der Waals surface area (Å²) in [5, 5.41) is 0.564. The van der Waals surface area contributed by atoms with Crippen LogP contribution in [-0.2, 0) is 16.0 Å². The van der Waals surface area contributed by atoms with Crippen molar-refractivity contribution >= 4 is 17.4 Å². The normalized spacial score (nSPS) is 12.2. The summed E-state index contributed by atoms with van der Waals surface area (Å²) in [6.07, 6.45) is 0.189. The van der Waals surface area contributed by atoms with E-state index in [9.17, 15) is 4.79 Å². The molecule has 4 nitrogen and oxygen atoms in total. The number of nitrogens with two attached hydrogens (primary N) is 1. The van der Waals surface area contributed by atoms with Gasteiger partial charge in [-0.1, -0.05) is 11.6 Å².